The van der Waals surface area contributed by atoms with Gasteiger partial charge in [-0.25, -0.2) is 15.0 Å². The minimum absolute atomic E-state index is 0.194. The van der Waals surface area contributed by atoms with E-state index in [1.807, 2.05) is 72.2 Å². The lowest BCUT2D eigenvalue weighted by Crippen LogP contribution is -2.24. The quantitative estimate of drug-likeness (QED) is 0.312. The lowest BCUT2D eigenvalue weighted by atomic mass is 10.2. The Morgan fingerprint density at radius 2 is 1.49 bits per heavy atom. The van der Waals surface area contributed by atoms with Gasteiger partial charge in [-0.2, -0.15) is 0 Å². The average molecular weight is 512 g/mol. The zero-order chi connectivity index (χ0) is 25.7. The van der Waals surface area contributed by atoms with Crippen LogP contribution in [-0.4, -0.2) is 38.3 Å². The molecule has 0 unspecified atom stereocenters. The SMILES string of the molecule is COc1cc(OC)cc(-n2c3nc4ccccc4nc3c3c(=O)n(Cc4ccc(Cl)cc4)c(C)nc32)c1. The Bertz CT molecular complexity index is 1850. The van der Waals surface area contributed by atoms with Gasteiger partial charge in [0, 0.05) is 23.2 Å². The molecule has 0 aliphatic rings. The van der Waals surface area contributed by atoms with Gasteiger partial charge in [-0.1, -0.05) is 35.9 Å². The molecule has 37 heavy (non-hydrogen) atoms. The number of benzene rings is 3. The molecule has 8 nitrogen and oxygen atoms in total. The molecule has 184 valence electrons. The molecule has 3 heterocycles. The lowest BCUT2D eigenvalue weighted by molar-refractivity contribution is 0.394. The maximum absolute atomic E-state index is 14.0. The largest absolute Gasteiger partial charge is 0.497 e. The van der Waals surface area contributed by atoms with E-state index < -0.39 is 0 Å². The molecule has 0 fully saturated rings. The monoisotopic (exact) mass is 511 g/mol. The molecule has 0 aliphatic heterocycles. The molecule has 0 aliphatic carbocycles. The zero-order valence-electron chi connectivity index (χ0n) is 20.4. The Kier molecular flexibility index (Phi) is 5.53. The van der Waals surface area contributed by atoms with E-state index in [1.165, 1.54) is 0 Å². The summed E-state index contributed by atoms with van der Waals surface area (Å²) in [6.45, 7) is 2.17. The summed E-state index contributed by atoms with van der Waals surface area (Å²) in [5, 5.41) is 1.04. The van der Waals surface area contributed by atoms with Crippen molar-refractivity contribution in [1.29, 1.82) is 0 Å². The number of fused-ring (bicyclic) bond motifs is 4. The fourth-order valence-electron chi connectivity index (χ4n) is 4.56. The second-order valence-corrected chi connectivity index (χ2v) is 9.10. The second-order valence-electron chi connectivity index (χ2n) is 8.67. The van der Waals surface area contributed by atoms with Gasteiger partial charge in [0.05, 0.1) is 37.5 Å². The van der Waals surface area contributed by atoms with Crippen molar-refractivity contribution in [3.63, 3.8) is 0 Å². The number of para-hydroxylation sites is 2. The molecule has 0 spiro atoms. The van der Waals surface area contributed by atoms with Crippen molar-refractivity contribution < 1.29 is 9.47 Å². The first-order chi connectivity index (χ1) is 18.0. The molecule has 0 radical (unpaired) electrons. The summed E-state index contributed by atoms with van der Waals surface area (Å²) in [6.07, 6.45) is 0. The predicted molar refractivity (Wildman–Crippen MR) is 144 cm³/mol. The fourth-order valence-corrected chi connectivity index (χ4v) is 4.68. The van der Waals surface area contributed by atoms with Gasteiger partial charge >= 0.3 is 0 Å². The van der Waals surface area contributed by atoms with Crippen LogP contribution in [0.15, 0.2) is 71.5 Å². The van der Waals surface area contributed by atoms with E-state index in [0.717, 1.165) is 5.56 Å². The molecule has 3 aromatic heterocycles. The number of methoxy groups -OCH3 is 2. The summed E-state index contributed by atoms with van der Waals surface area (Å²) in [6, 6.07) is 20.5. The average Bonchev–Trinajstić information content (AvgIpc) is 3.23. The van der Waals surface area contributed by atoms with Crippen molar-refractivity contribution >= 4 is 44.8 Å². The number of hydrogen-bond donors (Lipinski definition) is 0. The van der Waals surface area contributed by atoms with E-state index in [4.69, 9.17) is 36.0 Å². The standard InChI is InChI=1S/C28H22ClN5O3/c1-16-30-26-24(28(35)33(16)15-17-8-10-18(29)11-9-17)25-27(32-23-7-5-4-6-22(23)31-25)34(26)19-12-20(36-2)14-21(13-19)37-3/h4-14H,15H2,1-3H3. The van der Waals surface area contributed by atoms with Crippen LogP contribution in [0, 0.1) is 6.92 Å². The van der Waals surface area contributed by atoms with Gasteiger partial charge < -0.3 is 9.47 Å². The van der Waals surface area contributed by atoms with Crippen LogP contribution >= 0.6 is 11.6 Å². The van der Waals surface area contributed by atoms with E-state index in [2.05, 4.69) is 0 Å². The van der Waals surface area contributed by atoms with Gasteiger partial charge in [-0.05, 0) is 36.8 Å². The maximum atomic E-state index is 14.0. The number of aryl methyl sites for hydroxylation is 1. The Labute approximate surface area is 216 Å². The van der Waals surface area contributed by atoms with Gasteiger partial charge in [-0.3, -0.25) is 13.9 Å². The van der Waals surface area contributed by atoms with Crippen LogP contribution in [0.25, 0.3) is 38.9 Å². The maximum Gasteiger partial charge on any atom is 0.265 e. The molecule has 6 aromatic rings. The van der Waals surface area contributed by atoms with Crippen LogP contribution in [0.5, 0.6) is 11.5 Å². The van der Waals surface area contributed by atoms with Crippen molar-refractivity contribution in [3.8, 4) is 17.2 Å². The van der Waals surface area contributed by atoms with Crippen LogP contribution in [0.1, 0.15) is 11.4 Å². The molecule has 0 N–H and O–H groups in total. The lowest BCUT2D eigenvalue weighted by Gasteiger charge is -2.13. The second kappa shape index (κ2) is 8.90. The minimum atomic E-state index is -0.194. The molecule has 6 rings (SSSR count). The third-order valence-corrected chi connectivity index (χ3v) is 6.65. The first kappa shape index (κ1) is 23.0. The van der Waals surface area contributed by atoms with E-state index in [1.54, 1.807) is 24.9 Å². The van der Waals surface area contributed by atoms with Crippen LogP contribution in [0.2, 0.25) is 5.02 Å². The molecular weight excluding hydrogens is 490 g/mol. The first-order valence-electron chi connectivity index (χ1n) is 11.6. The highest BCUT2D eigenvalue weighted by Crippen LogP contribution is 2.32. The summed E-state index contributed by atoms with van der Waals surface area (Å²) < 4.78 is 14.5. The van der Waals surface area contributed by atoms with Crippen molar-refractivity contribution in [2.45, 2.75) is 13.5 Å². The van der Waals surface area contributed by atoms with Gasteiger partial charge in [-0.15, -0.1) is 0 Å². The highest BCUT2D eigenvalue weighted by atomic mass is 35.5. The Morgan fingerprint density at radius 1 is 0.838 bits per heavy atom. The Balaban J connectivity index is 1.71. The molecule has 0 atom stereocenters. The van der Waals surface area contributed by atoms with Crippen molar-refractivity contribution in [2.75, 3.05) is 14.2 Å². The van der Waals surface area contributed by atoms with Crippen LogP contribution < -0.4 is 15.0 Å². The molecule has 0 saturated heterocycles. The van der Waals surface area contributed by atoms with Gasteiger partial charge in [0.25, 0.3) is 5.56 Å². The minimum Gasteiger partial charge on any atom is -0.497 e. The highest BCUT2D eigenvalue weighted by molar-refractivity contribution is 6.30. The van der Waals surface area contributed by atoms with Crippen LogP contribution in [0.3, 0.4) is 0 Å². The number of aromatic nitrogens is 5. The Hall–Kier alpha value is -4.43. The summed E-state index contributed by atoms with van der Waals surface area (Å²) in [7, 11) is 3.19. The Morgan fingerprint density at radius 3 is 2.14 bits per heavy atom. The molecular formula is C28H22ClN5O3. The number of rotatable bonds is 5. The zero-order valence-corrected chi connectivity index (χ0v) is 21.2. The summed E-state index contributed by atoms with van der Waals surface area (Å²) in [5.41, 5.74) is 4.33. The third-order valence-electron chi connectivity index (χ3n) is 6.40. The van der Waals surface area contributed by atoms with E-state index in [-0.39, 0.29) is 5.56 Å². The van der Waals surface area contributed by atoms with Gasteiger partial charge in [0.1, 0.15) is 28.2 Å². The van der Waals surface area contributed by atoms with Crippen LogP contribution in [-0.2, 0) is 6.54 Å². The summed E-state index contributed by atoms with van der Waals surface area (Å²) in [4.78, 5) is 28.7. The number of ether oxygens (including phenoxy) is 2. The van der Waals surface area contributed by atoms with E-state index in [9.17, 15) is 4.79 Å². The third kappa shape index (κ3) is 3.86. The van der Waals surface area contributed by atoms with Crippen molar-refractivity contribution in [1.82, 2.24) is 24.1 Å². The number of halogens is 1. The predicted octanol–water partition coefficient (Wildman–Crippen LogP) is 5.31. The first-order valence-corrected chi connectivity index (χ1v) is 12.0. The normalized spacial score (nSPS) is 11.5. The summed E-state index contributed by atoms with van der Waals surface area (Å²) >= 11 is 6.06. The molecule has 0 amide bonds. The smallest absolute Gasteiger partial charge is 0.265 e. The molecule has 3 aromatic carbocycles. The molecule has 9 heteroatoms. The van der Waals surface area contributed by atoms with E-state index in [0.29, 0.717) is 67.8 Å². The molecule has 0 saturated carbocycles. The van der Waals surface area contributed by atoms with Gasteiger partial charge in [0.2, 0.25) is 0 Å². The van der Waals surface area contributed by atoms with Gasteiger partial charge in [0.15, 0.2) is 11.3 Å². The van der Waals surface area contributed by atoms with Crippen molar-refractivity contribution in [3.05, 3.63) is 93.5 Å². The number of hydrogen-bond acceptors (Lipinski definition) is 6. The van der Waals surface area contributed by atoms with E-state index >= 15 is 0 Å². The topological polar surface area (TPSA) is 84.1 Å². The summed E-state index contributed by atoms with van der Waals surface area (Å²) in [5.74, 6) is 1.77. The van der Waals surface area contributed by atoms with Crippen molar-refractivity contribution in [2.24, 2.45) is 0 Å². The highest BCUT2D eigenvalue weighted by Gasteiger charge is 2.23. The fraction of sp³-hybridized carbons (Fsp3) is 0.143. The number of nitrogens with zero attached hydrogens (tertiary/aromatic N) is 5. The van der Waals surface area contributed by atoms with Crippen LogP contribution in [0.4, 0.5) is 0 Å². The molecule has 0 bridgehead atoms.